The van der Waals surface area contributed by atoms with Gasteiger partial charge in [0, 0.05) is 6.42 Å². The van der Waals surface area contributed by atoms with Crippen LogP contribution in [0.1, 0.15) is 117 Å². The zero-order valence-electron chi connectivity index (χ0n) is 31.3. The van der Waals surface area contributed by atoms with Crippen molar-refractivity contribution < 1.29 is 64.6 Å². The number of hydrogen-bond donors (Lipinski definition) is 9. The Morgan fingerprint density at radius 3 is 1.88 bits per heavy atom. The summed E-state index contributed by atoms with van der Waals surface area (Å²) in [6, 6.07) is -0.921. The van der Waals surface area contributed by atoms with Crippen LogP contribution in [0.25, 0.3) is 0 Å². The van der Waals surface area contributed by atoms with Crippen LogP contribution in [0.3, 0.4) is 0 Å². The molecule has 0 aliphatic carbocycles. The fourth-order valence-electron chi connectivity index (χ4n) is 6.30. The number of aliphatic hydroxyl groups is 8. The third-order valence-corrected chi connectivity index (χ3v) is 9.64. The van der Waals surface area contributed by atoms with E-state index in [2.05, 4.69) is 31.3 Å². The van der Waals surface area contributed by atoms with Gasteiger partial charge in [0.25, 0.3) is 0 Å². The number of aliphatic hydroxyl groups excluding tert-OH is 8. The molecule has 1 amide bonds. The van der Waals surface area contributed by atoms with Crippen molar-refractivity contribution in [3.63, 3.8) is 0 Å². The van der Waals surface area contributed by atoms with Gasteiger partial charge in [0.1, 0.15) is 48.8 Å². The molecule has 0 bridgehead atoms. The molecule has 2 rings (SSSR count). The number of allylic oxidation sites excluding steroid dienone is 3. The van der Waals surface area contributed by atoms with E-state index in [1.165, 1.54) is 38.5 Å². The lowest BCUT2D eigenvalue weighted by Crippen LogP contribution is -2.65. The van der Waals surface area contributed by atoms with E-state index < -0.39 is 86.8 Å². The van der Waals surface area contributed by atoms with Gasteiger partial charge in [-0.05, 0) is 32.1 Å². The predicted octanol–water partition coefficient (Wildman–Crippen LogP) is 1.87. The zero-order chi connectivity index (χ0) is 38.3. The monoisotopic (exact) mass is 747 g/mol. The van der Waals surface area contributed by atoms with Gasteiger partial charge in [0.15, 0.2) is 12.6 Å². The van der Waals surface area contributed by atoms with Gasteiger partial charge in [-0.15, -0.1) is 0 Å². The average molecular weight is 748 g/mol. The molecule has 14 nitrogen and oxygen atoms in total. The molecule has 12 unspecified atom stereocenters. The molecule has 2 aliphatic rings. The van der Waals surface area contributed by atoms with E-state index in [-0.39, 0.29) is 18.9 Å². The SMILES string of the molecule is CCCCCCCC/C=C/CC/C=C/C(O)C(COC1OC(CO)C(OC2OC(CO)C(O)C(O)C2O)C(O)C1O)NC(=O)CCCCCCCC. The maximum atomic E-state index is 12.9. The van der Waals surface area contributed by atoms with E-state index in [0.717, 1.165) is 44.9 Å². The highest BCUT2D eigenvalue weighted by Gasteiger charge is 2.50. The second kappa shape index (κ2) is 27.1. The summed E-state index contributed by atoms with van der Waals surface area (Å²) in [5.74, 6) is -0.263. The molecule has 2 saturated heterocycles. The molecular formula is C38H69NO13. The summed E-state index contributed by atoms with van der Waals surface area (Å²) < 4.78 is 22.4. The van der Waals surface area contributed by atoms with Gasteiger partial charge < -0.3 is 65.1 Å². The molecule has 2 fully saturated rings. The Bertz CT molecular complexity index is 983. The van der Waals surface area contributed by atoms with Crippen LogP contribution in [-0.4, -0.2) is 140 Å². The standard InChI is InChI=1S/C38H69NO13/c1-3-5-7-9-11-12-13-14-15-16-17-19-21-27(42)26(39-30(43)22-20-18-10-8-6-4-2)25-49-37-35(48)33(46)36(29(24-41)51-37)52-38-34(47)32(45)31(44)28(23-40)50-38/h14-15,19,21,26-29,31-38,40-42,44-48H,3-13,16-18,20,22-25H2,1-2H3,(H,39,43)/b15-14+,21-19+. The van der Waals surface area contributed by atoms with Gasteiger partial charge in [-0.2, -0.15) is 0 Å². The van der Waals surface area contributed by atoms with Gasteiger partial charge in [0.05, 0.1) is 32.0 Å². The zero-order valence-corrected chi connectivity index (χ0v) is 31.3. The first-order valence-corrected chi connectivity index (χ1v) is 19.6. The highest BCUT2D eigenvalue weighted by molar-refractivity contribution is 5.76. The highest BCUT2D eigenvalue weighted by atomic mass is 16.7. The van der Waals surface area contributed by atoms with E-state index in [9.17, 15) is 45.6 Å². The van der Waals surface area contributed by atoms with Gasteiger partial charge in [-0.3, -0.25) is 4.79 Å². The summed E-state index contributed by atoms with van der Waals surface area (Å²) in [6.45, 7) is 2.62. The molecule has 0 aromatic carbocycles. The Morgan fingerprint density at radius 2 is 1.23 bits per heavy atom. The van der Waals surface area contributed by atoms with Crippen molar-refractivity contribution in [2.24, 2.45) is 0 Å². The average Bonchev–Trinajstić information content (AvgIpc) is 3.14. The Kier molecular flexibility index (Phi) is 24.3. The Balaban J connectivity index is 1.98. The number of nitrogens with one attached hydrogen (secondary N) is 1. The van der Waals surface area contributed by atoms with E-state index in [4.69, 9.17) is 18.9 Å². The van der Waals surface area contributed by atoms with Crippen molar-refractivity contribution in [2.45, 2.75) is 190 Å². The molecule has 0 radical (unpaired) electrons. The molecule has 0 spiro atoms. The highest BCUT2D eigenvalue weighted by Crippen LogP contribution is 2.29. The van der Waals surface area contributed by atoms with Crippen LogP contribution in [0.5, 0.6) is 0 Å². The number of unbranched alkanes of at least 4 members (excludes halogenated alkanes) is 12. The molecule has 52 heavy (non-hydrogen) atoms. The van der Waals surface area contributed by atoms with Crippen LogP contribution >= 0.6 is 0 Å². The van der Waals surface area contributed by atoms with Gasteiger partial charge in [0.2, 0.25) is 5.91 Å². The van der Waals surface area contributed by atoms with E-state index in [0.29, 0.717) is 12.8 Å². The van der Waals surface area contributed by atoms with E-state index in [1.54, 1.807) is 6.08 Å². The molecule has 14 heteroatoms. The van der Waals surface area contributed by atoms with Crippen LogP contribution in [0, 0.1) is 0 Å². The topological polar surface area (TPSA) is 228 Å². The van der Waals surface area contributed by atoms with Crippen LogP contribution < -0.4 is 5.32 Å². The molecule has 12 atom stereocenters. The second-order valence-electron chi connectivity index (χ2n) is 14.1. The van der Waals surface area contributed by atoms with Crippen LogP contribution in [0.4, 0.5) is 0 Å². The van der Waals surface area contributed by atoms with Crippen molar-refractivity contribution in [1.29, 1.82) is 0 Å². The molecule has 0 saturated carbocycles. The molecule has 2 aliphatic heterocycles. The third-order valence-electron chi connectivity index (χ3n) is 9.64. The maximum Gasteiger partial charge on any atom is 0.220 e. The summed E-state index contributed by atoms with van der Waals surface area (Å²) in [5, 5.41) is 85.8. The van der Waals surface area contributed by atoms with Crippen molar-refractivity contribution >= 4 is 5.91 Å². The minimum Gasteiger partial charge on any atom is -0.394 e. The van der Waals surface area contributed by atoms with E-state index in [1.807, 2.05) is 6.08 Å². The molecule has 0 aromatic rings. The third kappa shape index (κ3) is 16.5. The lowest BCUT2D eigenvalue weighted by Gasteiger charge is -2.46. The van der Waals surface area contributed by atoms with Crippen molar-refractivity contribution in [1.82, 2.24) is 5.32 Å². The van der Waals surface area contributed by atoms with E-state index >= 15 is 0 Å². The van der Waals surface area contributed by atoms with Gasteiger partial charge in [-0.25, -0.2) is 0 Å². The minimum absolute atomic E-state index is 0.263. The van der Waals surface area contributed by atoms with Crippen molar-refractivity contribution in [3.8, 4) is 0 Å². The smallest absolute Gasteiger partial charge is 0.220 e. The number of ether oxygens (including phenoxy) is 4. The molecule has 2 heterocycles. The fourth-order valence-corrected chi connectivity index (χ4v) is 6.30. The summed E-state index contributed by atoms with van der Waals surface area (Å²) in [6.07, 6.45) is 7.11. The molecule has 304 valence electrons. The normalized spacial score (nSPS) is 31.0. The quantitative estimate of drug-likeness (QED) is 0.0433. The number of rotatable bonds is 27. The fraction of sp³-hybridized carbons (Fsp3) is 0.868. The number of carbonyl (C=O) groups is 1. The molecule has 0 aromatic heterocycles. The Hall–Kier alpha value is -1.53. The molecular weight excluding hydrogens is 678 g/mol. The summed E-state index contributed by atoms with van der Waals surface area (Å²) in [4.78, 5) is 12.9. The minimum atomic E-state index is -1.79. The Labute approximate surface area is 309 Å². The first-order chi connectivity index (χ1) is 25.1. The summed E-state index contributed by atoms with van der Waals surface area (Å²) in [7, 11) is 0. The van der Waals surface area contributed by atoms with Crippen LogP contribution in [-0.2, 0) is 23.7 Å². The first kappa shape index (κ1) is 46.6. The number of amides is 1. The second-order valence-corrected chi connectivity index (χ2v) is 14.1. The Morgan fingerprint density at radius 1 is 0.673 bits per heavy atom. The lowest BCUT2D eigenvalue weighted by atomic mass is 9.97. The van der Waals surface area contributed by atoms with Gasteiger partial charge >= 0.3 is 0 Å². The van der Waals surface area contributed by atoms with Crippen molar-refractivity contribution in [2.75, 3.05) is 19.8 Å². The first-order valence-electron chi connectivity index (χ1n) is 19.6. The maximum absolute atomic E-state index is 12.9. The predicted molar refractivity (Wildman–Crippen MR) is 194 cm³/mol. The van der Waals surface area contributed by atoms with Crippen LogP contribution in [0.2, 0.25) is 0 Å². The lowest BCUT2D eigenvalue weighted by molar-refractivity contribution is -0.359. The van der Waals surface area contributed by atoms with Gasteiger partial charge in [-0.1, -0.05) is 102 Å². The number of hydrogen-bond acceptors (Lipinski definition) is 13. The summed E-state index contributed by atoms with van der Waals surface area (Å²) in [5.41, 5.74) is 0. The molecule has 9 N–H and O–H groups in total. The summed E-state index contributed by atoms with van der Waals surface area (Å²) >= 11 is 0. The largest absolute Gasteiger partial charge is 0.394 e. The van der Waals surface area contributed by atoms with Crippen molar-refractivity contribution in [3.05, 3.63) is 24.3 Å². The van der Waals surface area contributed by atoms with Crippen LogP contribution in [0.15, 0.2) is 24.3 Å². The number of carbonyl (C=O) groups excluding carboxylic acids is 1.